The Morgan fingerprint density at radius 1 is 1.22 bits per heavy atom. The van der Waals surface area contributed by atoms with Crippen LogP contribution in [0.25, 0.3) is 0 Å². The van der Waals surface area contributed by atoms with E-state index in [0.29, 0.717) is 5.69 Å². The molecule has 0 bridgehead atoms. The number of hydrogen-bond donors (Lipinski definition) is 1. The normalized spacial score (nSPS) is 11.9. The van der Waals surface area contributed by atoms with Gasteiger partial charge in [0.05, 0.1) is 23.6 Å². The zero-order valence-electron chi connectivity index (χ0n) is 10.3. The molecule has 92 valence electrons. The van der Waals surface area contributed by atoms with Crippen LogP contribution in [0.1, 0.15) is 34.8 Å². The maximum Gasteiger partial charge on any atom is 0.272 e. The average molecular weight is 242 g/mol. The van der Waals surface area contributed by atoms with Crippen molar-refractivity contribution in [2.45, 2.75) is 19.9 Å². The van der Waals surface area contributed by atoms with Gasteiger partial charge in [-0.15, -0.1) is 0 Å². The van der Waals surface area contributed by atoms with Crippen molar-refractivity contribution in [3.8, 4) is 0 Å². The molecule has 1 N–H and O–H groups in total. The molecule has 18 heavy (non-hydrogen) atoms. The fraction of sp³-hybridized carbons (Fsp3) is 0.231. The van der Waals surface area contributed by atoms with Crippen molar-refractivity contribution < 1.29 is 4.79 Å². The summed E-state index contributed by atoms with van der Waals surface area (Å²) in [5.41, 5.74) is 1.90. The third-order valence-electron chi connectivity index (χ3n) is 2.49. The number of rotatable bonds is 3. The van der Waals surface area contributed by atoms with E-state index in [4.69, 9.17) is 0 Å². The largest absolute Gasteiger partial charge is 0.343 e. The molecule has 2 aromatic rings. The Bertz CT molecular complexity index is 524. The molecular weight excluding hydrogens is 228 g/mol. The van der Waals surface area contributed by atoms with Gasteiger partial charge in [-0.3, -0.25) is 14.8 Å². The fourth-order valence-corrected chi connectivity index (χ4v) is 1.49. The Kier molecular flexibility index (Phi) is 3.62. The van der Waals surface area contributed by atoms with Gasteiger partial charge in [-0.25, -0.2) is 4.98 Å². The summed E-state index contributed by atoms with van der Waals surface area (Å²) in [6, 6.07) is 5.42. The van der Waals surface area contributed by atoms with Crippen LogP contribution in [0.4, 0.5) is 0 Å². The van der Waals surface area contributed by atoms with Gasteiger partial charge in [0.2, 0.25) is 0 Å². The molecule has 0 aliphatic rings. The van der Waals surface area contributed by atoms with Crippen LogP contribution in [0, 0.1) is 6.92 Å². The van der Waals surface area contributed by atoms with E-state index in [-0.39, 0.29) is 11.9 Å². The van der Waals surface area contributed by atoms with Crippen LogP contribution in [0.3, 0.4) is 0 Å². The van der Waals surface area contributed by atoms with Crippen LogP contribution in [-0.2, 0) is 0 Å². The van der Waals surface area contributed by atoms with Crippen molar-refractivity contribution in [2.24, 2.45) is 0 Å². The molecule has 2 rings (SSSR count). The highest BCUT2D eigenvalue weighted by molar-refractivity contribution is 5.92. The van der Waals surface area contributed by atoms with Crippen molar-refractivity contribution in [3.63, 3.8) is 0 Å². The van der Waals surface area contributed by atoms with Gasteiger partial charge in [0, 0.05) is 12.4 Å². The van der Waals surface area contributed by atoms with Crippen LogP contribution in [0.2, 0.25) is 0 Å². The molecule has 0 unspecified atom stereocenters. The summed E-state index contributed by atoms with van der Waals surface area (Å²) >= 11 is 0. The third kappa shape index (κ3) is 2.88. The molecule has 0 radical (unpaired) electrons. The molecular formula is C13H14N4O. The molecule has 0 aromatic carbocycles. The smallest absolute Gasteiger partial charge is 0.272 e. The topological polar surface area (TPSA) is 67.8 Å². The number of nitrogens with one attached hydrogen (secondary N) is 1. The maximum absolute atomic E-state index is 11.9. The van der Waals surface area contributed by atoms with E-state index >= 15 is 0 Å². The van der Waals surface area contributed by atoms with Crippen molar-refractivity contribution in [1.29, 1.82) is 0 Å². The Morgan fingerprint density at radius 2 is 2.06 bits per heavy atom. The quantitative estimate of drug-likeness (QED) is 0.889. The highest BCUT2D eigenvalue weighted by Gasteiger charge is 2.13. The second-order valence-corrected chi connectivity index (χ2v) is 3.99. The Balaban J connectivity index is 2.06. The molecule has 1 amide bonds. The molecule has 2 aromatic heterocycles. The maximum atomic E-state index is 11.9. The standard InChI is InChI=1S/C13H14N4O/c1-9-7-16-12(8-15-9)13(18)17-10(2)11-5-3-4-6-14-11/h3-8,10H,1-2H3,(H,17,18)/t10-/m1/s1. The monoisotopic (exact) mass is 242 g/mol. The van der Waals surface area contributed by atoms with Gasteiger partial charge in [-0.05, 0) is 26.0 Å². The van der Waals surface area contributed by atoms with Crippen LogP contribution < -0.4 is 5.32 Å². The van der Waals surface area contributed by atoms with E-state index in [9.17, 15) is 4.79 Å². The summed E-state index contributed by atoms with van der Waals surface area (Å²) in [6.07, 6.45) is 4.74. The van der Waals surface area contributed by atoms with Gasteiger partial charge in [0.25, 0.3) is 5.91 Å². The average Bonchev–Trinajstić information content (AvgIpc) is 2.40. The minimum absolute atomic E-state index is 0.165. The minimum Gasteiger partial charge on any atom is -0.343 e. The van der Waals surface area contributed by atoms with Crippen molar-refractivity contribution in [3.05, 3.63) is 53.9 Å². The molecule has 1 atom stereocenters. The Labute approximate surface area is 105 Å². The number of hydrogen-bond acceptors (Lipinski definition) is 4. The summed E-state index contributed by atoms with van der Waals surface area (Å²) in [5, 5.41) is 2.83. The second-order valence-electron chi connectivity index (χ2n) is 3.99. The number of carbonyl (C=O) groups is 1. The number of aryl methyl sites for hydroxylation is 1. The Morgan fingerprint density at radius 3 is 2.67 bits per heavy atom. The number of carbonyl (C=O) groups excluding carboxylic acids is 1. The lowest BCUT2D eigenvalue weighted by molar-refractivity contribution is 0.0933. The van der Waals surface area contributed by atoms with Crippen LogP contribution in [0.5, 0.6) is 0 Å². The second kappa shape index (κ2) is 5.35. The predicted octanol–water partition coefficient (Wildman–Crippen LogP) is 1.67. The van der Waals surface area contributed by atoms with Crippen LogP contribution in [-0.4, -0.2) is 20.9 Å². The molecule has 0 fully saturated rings. The van der Waals surface area contributed by atoms with E-state index in [2.05, 4.69) is 20.3 Å². The van der Waals surface area contributed by atoms with E-state index in [1.807, 2.05) is 32.0 Å². The molecule has 0 spiro atoms. The highest BCUT2D eigenvalue weighted by Crippen LogP contribution is 2.08. The van der Waals surface area contributed by atoms with E-state index in [0.717, 1.165) is 11.4 Å². The van der Waals surface area contributed by atoms with Gasteiger partial charge in [0.1, 0.15) is 5.69 Å². The summed E-state index contributed by atoms with van der Waals surface area (Å²) in [5.74, 6) is -0.249. The van der Waals surface area contributed by atoms with Crippen LogP contribution in [0.15, 0.2) is 36.8 Å². The van der Waals surface area contributed by atoms with E-state index in [1.165, 1.54) is 6.20 Å². The zero-order valence-corrected chi connectivity index (χ0v) is 10.3. The highest BCUT2D eigenvalue weighted by atomic mass is 16.1. The summed E-state index contributed by atoms with van der Waals surface area (Å²) in [6.45, 7) is 3.70. The molecule has 5 nitrogen and oxygen atoms in total. The molecule has 2 heterocycles. The molecule has 0 saturated carbocycles. The molecule has 0 saturated heterocycles. The summed E-state index contributed by atoms with van der Waals surface area (Å²) in [4.78, 5) is 24.2. The number of nitrogens with zero attached hydrogens (tertiary/aromatic N) is 3. The number of aromatic nitrogens is 3. The van der Waals surface area contributed by atoms with Crippen molar-refractivity contribution in [2.75, 3.05) is 0 Å². The van der Waals surface area contributed by atoms with Gasteiger partial charge in [-0.2, -0.15) is 0 Å². The third-order valence-corrected chi connectivity index (χ3v) is 2.49. The van der Waals surface area contributed by atoms with Crippen molar-refractivity contribution in [1.82, 2.24) is 20.3 Å². The number of amides is 1. The fourth-order valence-electron chi connectivity index (χ4n) is 1.49. The predicted molar refractivity (Wildman–Crippen MR) is 66.9 cm³/mol. The summed E-state index contributed by atoms with van der Waals surface area (Å²) < 4.78 is 0. The van der Waals surface area contributed by atoms with Gasteiger partial charge < -0.3 is 5.32 Å². The number of pyridine rings is 1. The molecule has 0 aliphatic heterocycles. The van der Waals surface area contributed by atoms with E-state index in [1.54, 1.807) is 12.4 Å². The lowest BCUT2D eigenvalue weighted by Gasteiger charge is -2.12. The lowest BCUT2D eigenvalue weighted by atomic mass is 10.2. The first kappa shape index (κ1) is 12.2. The minimum atomic E-state index is -0.249. The zero-order chi connectivity index (χ0) is 13.0. The van der Waals surface area contributed by atoms with Gasteiger partial charge in [-0.1, -0.05) is 6.07 Å². The van der Waals surface area contributed by atoms with Gasteiger partial charge in [0.15, 0.2) is 0 Å². The SMILES string of the molecule is Cc1cnc(C(=O)N[C@H](C)c2ccccn2)cn1. The Hall–Kier alpha value is -2.30. The molecule has 0 aliphatic carbocycles. The first-order chi connectivity index (χ1) is 8.66. The summed E-state index contributed by atoms with van der Waals surface area (Å²) in [7, 11) is 0. The van der Waals surface area contributed by atoms with Gasteiger partial charge >= 0.3 is 0 Å². The first-order valence-corrected chi connectivity index (χ1v) is 5.67. The lowest BCUT2D eigenvalue weighted by Crippen LogP contribution is -2.28. The molecule has 5 heteroatoms. The first-order valence-electron chi connectivity index (χ1n) is 5.67. The van der Waals surface area contributed by atoms with Crippen molar-refractivity contribution >= 4 is 5.91 Å². The van der Waals surface area contributed by atoms with Crippen LogP contribution >= 0.6 is 0 Å². The van der Waals surface area contributed by atoms with E-state index < -0.39 is 0 Å².